The topological polar surface area (TPSA) is 90.7 Å². The number of aromatic nitrogens is 4. The zero-order chi connectivity index (χ0) is 12.4. The maximum absolute atomic E-state index is 5.97. The number of rotatable bonds is 2. The lowest BCUT2D eigenvalue weighted by Gasteiger charge is -2.23. The SMILES string of the molecule is NC1CCCC(c2nc(-c3ccncn3)no2)C1. The first kappa shape index (κ1) is 11.3. The maximum Gasteiger partial charge on any atom is 0.230 e. The average Bonchev–Trinajstić information content (AvgIpc) is 2.89. The van der Waals surface area contributed by atoms with Crippen LogP contribution in [0.1, 0.15) is 37.5 Å². The molecule has 94 valence electrons. The summed E-state index contributed by atoms with van der Waals surface area (Å²) >= 11 is 0. The number of hydrogen-bond donors (Lipinski definition) is 1. The number of nitrogens with zero attached hydrogens (tertiary/aromatic N) is 4. The second kappa shape index (κ2) is 4.81. The third kappa shape index (κ3) is 2.24. The van der Waals surface area contributed by atoms with Crippen molar-refractivity contribution in [2.75, 3.05) is 0 Å². The zero-order valence-electron chi connectivity index (χ0n) is 9.99. The van der Waals surface area contributed by atoms with Gasteiger partial charge in [0.1, 0.15) is 12.0 Å². The van der Waals surface area contributed by atoms with Gasteiger partial charge in [-0.3, -0.25) is 0 Å². The molecule has 6 nitrogen and oxygen atoms in total. The van der Waals surface area contributed by atoms with Crippen molar-refractivity contribution in [2.45, 2.75) is 37.6 Å². The first-order chi connectivity index (χ1) is 8.83. The minimum absolute atomic E-state index is 0.248. The predicted octanol–water partition coefficient (Wildman–Crippen LogP) is 1.51. The van der Waals surface area contributed by atoms with Gasteiger partial charge >= 0.3 is 0 Å². The van der Waals surface area contributed by atoms with Crippen molar-refractivity contribution in [2.24, 2.45) is 5.73 Å². The molecule has 0 aliphatic heterocycles. The minimum atomic E-state index is 0.248. The van der Waals surface area contributed by atoms with Crippen LogP contribution >= 0.6 is 0 Å². The Hall–Kier alpha value is -1.82. The lowest BCUT2D eigenvalue weighted by atomic mass is 9.86. The molecular weight excluding hydrogens is 230 g/mol. The molecule has 1 saturated carbocycles. The Morgan fingerprint density at radius 1 is 1.33 bits per heavy atom. The van der Waals surface area contributed by atoms with Crippen LogP contribution in [0.15, 0.2) is 23.1 Å². The van der Waals surface area contributed by atoms with Gasteiger partial charge in [-0.05, 0) is 25.3 Å². The van der Waals surface area contributed by atoms with E-state index in [2.05, 4.69) is 20.1 Å². The Bertz CT molecular complexity index is 512. The largest absolute Gasteiger partial charge is 0.339 e. The van der Waals surface area contributed by atoms with Crippen LogP contribution in [-0.2, 0) is 0 Å². The summed E-state index contributed by atoms with van der Waals surface area (Å²) in [6.07, 6.45) is 7.34. The van der Waals surface area contributed by atoms with E-state index in [0.29, 0.717) is 17.4 Å². The van der Waals surface area contributed by atoms with Gasteiger partial charge in [-0.1, -0.05) is 11.6 Å². The molecule has 2 atom stereocenters. The van der Waals surface area contributed by atoms with E-state index in [1.165, 1.54) is 6.33 Å². The fourth-order valence-corrected chi connectivity index (χ4v) is 2.38. The molecule has 0 bridgehead atoms. The number of hydrogen-bond acceptors (Lipinski definition) is 6. The predicted molar refractivity (Wildman–Crippen MR) is 64.5 cm³/mol. The maximum atomic E-state index is 5.97. The number of nitrogens with two attached hydrogens (primary N) is 1. The van der Waals surface area contributed by atoms with Crippen LogP contribution in [0.2, 0.25) is 0 Å². The van der Waals surface area contributed by atoms with Crippen molar-refractivity contribution in [1.29, 1.82) is 0 Å². The minimum Gasteiger partial charge on any atom is -0.339 e. The molecule has 3 rings (SSSR count). The van der Waals surface area contributed by atoms with Gasteiger partial charge in [0, 0.05) is 18.2 Å². The highest BCUT2D eigenvalue weighted by atomic mass is 16.5. The molecule has 2 aromatic rings. The smallest absolute Gasteiger partial charge is 0.230 e. The summed E-state index contributed by atoms with van der Waals surface area (Å²) in [7, 11) is 0. The molecule has 1 aliphatic carbocycles. The van der Waals surface area contributed by atoms with Crippen molar-refractivity contribution in [3.63, 3.8) is 0 Å². The van der Waals surface area contributed by atoms with E-state index in [0.717, 1.165) is 25.7 Å². The first-order valence-corrected chi connectivity index (χ1v) is 6.18. The average molecular weight is 245 g/mol. The fraction of sp³-hybridized carbons (Fsp3) is 0.500. The van der Waals surface area contributed by atoms with E-state index in [1.54, 1.807) is 12.3 Å². The van der Waals surface area contributed by atoms with Gasteiger partial charge in [-0.25, -0.2) is 9.97 Å². The third-order valence-electron chi connectivity index (χ3n) is 3.32. The third-order valence-corrected chi connectivity index (χ3v) is 3.32. The molecule has 2 aromatic heterocycles. The van der Waals surface area contributed by atoms with E-state index >= 15 is 0 Å². The molecule has 18 heavy (non-hydrogen) atoms. The van der Waals surface area contributed by atoms with Gasteiger partial charge in [0.15, 0.2) is 0 Å². The molecule has 2 N–H and O–H groups in total. The van der Waals surface area contributed by atoms with Crippen LogP contribution < -0.4 is 5.73 Å². The molecule has 2 heterocycles. The molecule has 6 heteroatoms. The standard InChI is InChI=1S/C12H15N5O/c13-9-3-1-2-8(6-9)12-16-11(17-18-12)10-4-5-14-7-15-10/h4-5,7-9H,1-3,6,13H2. The second-order valence-electron chi connectivity index (χ2n) is 4.67. The molecular formula is C12H15N5O. The first-order valence-electron chi connectivity index (χ1n) is 6.18. The van der Waals surface area contributed by atoms with E-state index in [4.69, 9.17) is 10.3 Å². The molecule has 0 amide bonds. The van der Waals surface area contributed by atoms with E-state index in [9.17, 15) is 0 Å². The van der Waals surface area contributed by atoms with E-state index in [-0.39, 0.29) is 12.0 Å². The molecule has 1 fully saturated rings. The van der Waals surface area contributed by atoms with E-state index < -0.39 is 0 Å². The van der Waals surface area contributed by atoms with Gasteiger partial charge < -0.3 is 10.3 Å². The Morgan fingerprint density at radius 2 is 2.28 bits per heavy atom. The molecule has 0 aromatic carbocycles. The second-order valence-corrected chi connectivity index (χ2v) is 4.67. The Balaban J connectivity index is 1.81. The summed E-state index contributed by atoms with van der Waals surface area (Å²) in [4.78, 5) is 12.4. The molecule has 0 spiro atoms. The van der Waals surface area contributed by atoms with E-state index in [1.807, 2.05) is 0 Å². The zero-order valence-corrected chi connectivity index (χ0v) is 9.99. The van der Waals surface area contributed by atoms with Gasteiger partial charge in [0.2, 0.25) is 11.7 Å². The summed E-state index contributed by atoms with van der Waals surface area (Å²) in [5, 5.41) is 3.97. The van der Waals surface area contributed by atoms with Crippen molar-refractivity contribution in [3.8, 4) is 11.5 Å². The summed E-state index contributed by atoms with van der Waals surface area (Å²) in [5.74, 6) is 1.49. The lowest BCUT2D eigenvalue weighted by molar-refractivity contribution is 0.299. The summed E-state index contributed by atoms with van der Waals surface area (Å²) in [5.41, 5.74) is 6.65. The highest BCUT2D eigenvalue weighted by Crippen LogP contribution is 2.31. The van der Waals surface area contributed by atoms with Crippen molar-refractivity contribution < 1.29 is 4.52 Å². The Labute approximate surface area is 105 Å². The van der Waals surface area contributed by atoms with Gasteiger partial charge in [-0.2, -0.15) is 4.98 Å². The van der Waals surface area contributed by atoms with Crippen LogP contribution in [0.25, 0.3) is 11.5 Å². The van der Waals surface area contributed by atoms with Gasteiger partial charge in [0.05, 0.1) is 0 Å². The van der Waals surface area contributed by atoms with Crippen LogP contribution in [0.3, 0.4) is 0 Å². The molecule has 2 unspecified atom stereocenters. The van der Waals surface area contributed by atoms with Crippen LogP contribution in [-0.4, -0.2) is 26.2 Å². The molecule has 0 saturated heterocycles. The van der Waals surface area contributed by atoms with Crippen LogP contribution in [0, 0.1) is 0 Å². The monoisotopic (exact) mass is 245 g/mol. The van der Waals surface area contributed by atoms with Crippen LogP contribution in [0.4, 0.5) is 0 Å². The molecule has 0 radical (unpaired) electrons. The van der Waals surface area contributed by atoms with Crippen molar-refractivity contribution in [3.05, 3.63) is 24.5 Å². The highest BCUT2D eigenvalue weighted by Gasteiger charge is 2.25. The van der Waals surface area contributed by atoms with Crippen molar-refractivity contribution in [1.82, 2.24) is 20.1 Å². The Morgan fingerprint density at radius 3 is 3.06 bits per heavy atom. The summed E-state index contributed by atoms with van der Waals surface area (Å²) < 4.78 is 5.33. The van der Waals surface area contributed by atoms with Crippen molar-refractivity contribution >= 4 is 0 Å². The lowest BCUT2D eigenvalue weighted by Crippen LogP contribution is -2.26. The molecule has 1 aliphatic rings. The highest BCUT2D eigenvalue weighted by molar-refractivity contribution is 5.46. The van der Waals surface area contributed by atoms with Gasteiger partial charge in [-0.15, -0.1) is 0 Å². The quantitative estimate of drug-likeness (QED) is 0.862. The Kier molecular flexibility index (Phi) is 3.02. The fourth-order valence-electron chi connectivity index (χ4n) is 2.38. The normalized spacial score (nSPS) is 24.1. The van der Waals surface area contributed by atoms with Crippen LogP contribution in [0.5, 0.6) is 0 Å². The van der Waals surface area contributed by atoms with Gasteiger partial charge in [0.25, 0.3) is 0 Å². The summed E-state index contributed by atoms with van der Waals surface area (Å²) in [6.45, 7) is 0. The summed E-state index contributed by atoms with van der Waals surface area (Å²) in [6, 6.07) is 2.01.